The smallest absolute Gasteiger partial charge is 0.254 e. The highest BCUT2D eigenvalue weighted by molar-refractivity contribution is 6.30. The van der Waals surface area contributed by atoms with Crippen LogP contribution in [0.25, 0.3) is 0 Å². The average Bonchev–Trinajstić information content (AvgIpc) is 3.15. The van der Waals surface area contributed by atoms with Crippen molar-refractivity contribution in [3.8, 4) is 11.5 Å². The van der Waals surface area contributed by atoms with Crippen LogP contribution in [0.1, 0.15) is 33.6 Å². The number of carbonyl (C=O) groups is 2. The summed E-state index contributed by atoms with van der Waals surface area (Å²) in [6.07, 6.45) is 1.59. The van der Waals surface area contributed by atoms with Crippen LogP contribution in [0.2, 0.25) is 5.02 Å². The molecule has 0 radical (unpaired) electrons. The molecule has 1 saturated heterocycles. The summed E-state index contributed by atoms with van der Waals surface area (Å²) in [5.41, 5.74) is 1.19. The van der Waals surface area contributed by atoms with E-state index in [1.54, 1.807) is 47.4 Å². The van der Waals surface area contributed by atoms with Gasteiger partial charge in [0, 0.05) is 35.2 Å². The van der Waals surface area contributed by atoms with Crippen molar-refractivity contribution >= 4 is 23.3 Å². The SMILES string of the molecule is O=C(c1ccc(Cl)cc1)C1CCCN(C(=O)c2ccc3c(c2)OCO3)C1. The van der Waals surface area contributed by atoms with Crippen LogP contribution in [-0.4, -0.2) is 36.5 Å². The number of Topliss-reactive ketones (excluding diaryl/α,β-unsaturated/α-hetero) is 1. The Morgan fingerprint density at radius 2 is 1.73 bits per heavy atom. The molecular weight excluding hydrogens is 354 g/mol. The van der Waals surface area contributed by atoms with Crippen LogP contribution in [0.5, 0.6) is 11.5 Å². The van der Waals surface area contributed by atoms with Crippen molar-refractivity contribution in [2.45, 2.75) is 12.8 Å². The minimum absolute atomic E-state index is 0.0600. The van der Waals surface area contributed by atoms with E-state index in [1.807, 2.05) is 0 Å². The Morgan fingerprint density at radius 1 is 1.00 bits per heavy atom. The number of hydrogen-bond acceptors (Lipinski definition) is 4. The van der Waals surface area contributed by atoms with Crippen molar-refractivity contribution < 1.29 is 19.1 Å². The van der Waals surface area contributed by atoms with Gasteiger partial charge in [-0.3, -0.25) is 9.59 Å². The second kappa shape index (κ2) is 7.00. The summed E-state index contributed by atoms with van der Waals surface area (Å²) in [5, 5.41) is 0.602. The van der Waals surface area contributed by atoms with E-state index in [2.05, 4.69) is 0 Å². The molecule has 2 aromatic carbocycles. The number of likely N-dealkylation sites (tertiary alicyclic amines) is 1. The van der Waals surface area contributed by atoms with E-state index in [9.17, 15) is 9.59 Å². The molecule has 4 rings (SSSR count). The number of fused-ring (bicyclic) bond motifs is 1. The molecule has 1 unspecified atom stereocenters. The fraction of sp³-hybridized carbons (Fsp3) is 0.300. The number of rotatable bonds is 3. The Bertz CT molecular complexity index is 849. The van der Waals surface area contributed by atoms with Gasteiger partial charge in [-0.1, -0.05) is 11.6 Å². The Labute approximate surface area is 156 Å². The van der Waals surface area contributed by atoms with Crippen LogP contribution in [0.3, 0.4) is 0 Å². The van der Waals surface area contributed by atoms with Gasteiger partial charge < -0.3 is 14.4 Å². The first-order valence-corrected chi connectivity index (χ1v) is 8.98. The van der Waals surface area contributed by atoms with Crippen LogP contribution < -0.4 is 9.47 Å². The second-order valence-corrected chi connectivity index (χ2v) is 6.97. The molecule has 134 valence electrons. The molecule has 1 atom stereocenters. The first kappa shape index (κ1) is 16.9. The molecule has 2 aliphatic heterocycles. The zero-order valence-corrected chi connectivity index (χ0v) is 14.9. The van der Waals surface area contributed by atoms with Crippen molar-refractivity contribution in [3.63, 3.8) is 0 Å². The summed E-state index contributed by atoms with van der Waals surface area (Å²) < 4.78 is 10.6. The predicted molar refractivity (Wildman–Crippen MR) is 97.0 cm³/mol. The number of ketones is 1. The first-order chi connectivity index (χ1) is 12.6. The first-order valence-electron chi connectivity index (χ1n) is 8.60. The largest absolute Gasteiger partial charge is 0.454 e. The molecule has 0 bridgehead atoms. The van der Waals surface area contributed by atoms with Crippen LogP contribution in [0, 0.1) is 5.92 Å². The molecular formula is C20H18ClNO4. The molecule has 2 aromatic rings. The van der Waals surface area contributed by atoms with Gasteiger partial charge in [-0.25, -0.2) is 0 Å². The van der Waals surface area contributed by atoms with Crippen molar-refractivity contribution in [3.05, 3.63) is 58.6 Å². The zero-order chi connectivity index (χ0) is 18.1. The van der Waals surface area contributed by atoms with Gasteiger partial charge >= 0.3 is 0 Å². The van der Waals surface area contributed by atoms with Crippen molar-refractivity contribution in [1.82, 2.24) is 4.90 Å². The van der Waals surface area contributed by atoms with E-state index in [0.717, 1.165) is 12.8 Å². The molecule has 0 aromatic heterocycles. The molecule has 2 heterocycles. The summed E-state index contributed by atoms with van der Waals surface area (Å²) in [6, 6.07) is 12.1. The summed E-state index contributed by atoms with van der Waals surface area (Å²) in [6.45, 7) is 1.25. The van der Waals surface area contributed by atoms with E-state index in [1.165, 1.54) is 0 Å². The minimum atomic E-state index is -0.192. The van der Waals surface area contributed by atoms with Crippen molar-refractivity contribution in [1.29, 1.82) is 0 Å². The lowest BCUT2D eigenvalue weighted by Crippen LogP contribution is -2.42. The topological polar surface area (TPSA) is 55.8 Å². The molecule has 6 heteroatoms. The van der Waals surface area contributed by atoms with Gasteiger partial charge in [0.2, 0.25) is 6.79 Å². The Hall–Kier alpha value is -2.53. The number of amides is 1. The van der Waals surface area contributed by atoms with E-state index in [4.69, 9.17) is 21.1 Å². The highest BCUT2D eigenvalue weighted by atomic mass is 35.5. The third-order valence-corrected chi connectivity index (χ3v) is 5.08. The molecule has 0 N–H and O–H groups in total. The van der Waals surface area contributed by atoms with Gasteiger partial charge in [0.25, 0.3) is 5.91 Å². The Morgan fingerprint density at radius 3 is 2.54 bits per heavy atom. The molecule has 1 fully saturated rings. The average molecular weight is 372 g/mol. The zero-order valence-electron chi connectivity index (χ0n) is 14.1. The number of piperidine rings is 1. The molecule has 0 spiro atoms. The maximum Gasteiger partial charge on any atom is 0.254 e. The molecule has 0 aliphatic carbocycles. The lowest BCUT2D eigenvalue weighted by atomic mass is 9.89. The Balaban J connectivity index is 1.48. The van der Waals surface area contributed by atoms with Crippen LogP contribution in [0.15, 0.2) is 42.5 Å². The molecule has 1 amide bonds. The molecule has 26 heavy (non-hydrogen) atoms. The van der Waals surface area contributed by atoms with Gasteiger partial charge in [0.1, 0.15) is 0 Å². The van der Waals surface area contributed by atoms with Crippen LogP contribution in [0.4, 0.5) is 0 Å². The second-order valence-electron chi connectivity index (χ2n) is 6.53. The van der Waals surface area contributed by atoms with E-state index in [-0.39, 0.29) is 24.4 Å². The molecule has 2 aliphatic rings. The quantitative estimate of drug-likeness (QED) is 0.770. The number of carbonyl (C=O) groups excluding carboxylic acids is 2. The van der Waals surface area contributed by atoms with Crippen molar-refractivity contribution in [2.75, 3.05) is 19.9 Å². The summed E-state index contributed by atoms with van der Waals surface area (Å²) in [4.78, 5) is 27.4. The molecule has 0 saturated carbocycles. The van der Waals surface area contributed by atoms with Gasteiger partial charge in [0.05, 0.1) is 0 Å². The third kappa shape index (κ3) is 3.27. The standard InChI is InChI=1S/C20H18ClNO4/c21-16-6-3-13(4-7-16)19(23)15-2-1-9-22(11-15)20(24)14-5-8-17-18(10-14)26-12-25-17/h3-8,10,15H,1-2,9,11-12H2. The van der Waals surface area contributed by atoms with Crippen LogP contribution >= 0.6 is 11.6 Å². The summed E-state index contributed by atoms with van der Waals surface area (Å²) >= 11 is 5.89. The van der Waals surface area contributed by atoms with Gasteiger partial charge in [-0.2, -0.15) is 0 Å². The maximum absolute atomic E-state index is 12.8. The van der Waals surface area contributed by atoms with Gasteiger partial charge in [0.15, 0.2) is 17.3 Å². The monoisotopic (exact) mass is 371 g/mol. The molecule has 5 nitrogen and oxygen atoms in total. The van der Waals surface area contributed by atoms with Gasteiger partial charge in [-0.15, -0.1) is 0 Å². The van der Waals surface area contributed by atoms with E-state index >= 15 is 0 Å². The highest BCUT2D eigenvalue weighted by Crippen LogP contribution is 2.33. The highest BCUT2D eigenvalue weighted by Gasteiger charge is 2.30. The summed E-state index contributed by atoms with van der Waals surface area (Å²) in [7, 11) is 0. The van der Waals surface area contributed by atoms with Crippen molar-refractivity contribution in [2.24, 2.45) is 5.92 Å². The number of halogens is 1. The van der Waals surface area contributed by atoms with Gasteiger partial charge in [-0.05, 0) is 55.3 Å². The fourth-order valence-electron chi connectivity index (χ4n) is 3.44. The lowest BCUT2D eigenvalue weighted by Gasteiger charge is -2.32. The lowest BCUT2D eigenvalue weighted by molar-refractivity contribution is 0.0636. The number of hydrogen-bond donors (Lipinski definition) is 0. The number of ether oxygens (including phenoxy) is 2. The maximum atomic E-state index is 12.8. The normalized spacial score (nSPS) is 18.7. The van der Waals surface area contributed by atoms with E-state index < -0.39 is 0 Å². The Kier molecular flexibility index (Phi) is 4.55. The fourth-order valence-corrected chi connectivity index (χ4v) is 3.56. The minimum Gasteiger partial charge on any atom is -0.454 e. The third-order valence-electron chi connectivity index (χ3n) is 4.83. The summed E-state index contributed by atoms with van der Waals surface area (Å²) in [5.74, 6) is 1.02. The number of benzene rings is 2. The predicted octanol–water partition coefficient (Wildman–Crippen LogP) is 3.80. The van der Waals surface area contributed by atoms with E-state index in [0.29, 0.717) is 40.7 Å². The van der Waals surface area contributed by atoms with Crippen LogP contribution in [-0.2, 0) is 0 Å². The number of nitrogens with zero attached hydrogens (tertiary/aromatic N) is 1.